The van der Waals surface area contributed by atoms with Crippen molar-refractivity contribution in [2.75, 3.05) is 25.4 Å². The van der Waals surface area contributed by atoms with Crippen LogP contribution in [0, 0.1) is 0 Å². The largest absolute Gasteiger partial charge is 0.375 e. The summed E-state index contributed by atoms with van der Waals surface area (Å²) in [7, 11) is -3.48. The predicted molar refractivity (Wildman–Crippen MR) is 81.0 cm³/mol. The van der Waals surface area contributed by atoms with E-state index >= 15 is 0 Å². The fourth-order valence-corrected chi connectivity index (χ4v) is 4.29. The van der Waals surface area contributed by atoms with Crippen LogP contribution in [0.2, 0.25) is 0 Å². The van der Waals surface area contributed by atoms with Gasteiger partial charge in [-0.3, -0.25) is 4.79 Å². The topological polar surface area (TPSA) is 76.6 Å². The molecule has 0 saturated carbocycles. The average molecular weight is 332 g/mol. The molecule has 118 valence electrons. The molecule has 0 radical (unpaired) electrons. The zero-order chi connectivity index (χ0) is 15.5. The van der Waals surface area contributed by atoms with Gasteiger partial charge >= 0.3 is 0 Å². The molecule has 0 N–H and O–H groups in total. The predicted octanol–water partition coefficient (Wildman–Crippen LogP) is 0.868. The highest BCUT2D eigenvalue weighted by atomic mass is 32.2. The van der Waals surface area contributed by atoms with E-state index in [4.69, 9.17) is 4.74 Å². The number of amides is 1. The second-order valence-corrected chi connectivity index (χ2v) is 8.15. The van der Waals surface area contributed by atoms with Gasteiger partial charge in [-0.1, -0.05) is 6.92 Å². The number of morpholine rings is 1. The monoisotopic (exact) mass is 332 g/mol. The lowest BCUT2D eigenvalue weighted by Crippen LogP contribution is -2.46. The molecule has 0 aromatic carbocycles. The van der Waals surface area contributed by atoms with Crippen molar-refractivity contribution in [1.82, 2.24) is 9.88 Å². The molecular formula is C13H20N2O4S2. The highest BCUT2D eigenvalue weighted by Gasteiger charge is 2.26. The summed E-state index contributed by atoms with van der Waals surface area (Å²) in [6, 6.07) is 0. The van der Waals surface area contributed by atoms with E-state index in [0.29, 0.717) is 25.4 Å². The zero-order valence-corrected chi connectivity index (χ0v) is 13.9. The highest BCUT2D eigenvalue weighted by molar-refractivity contribution is 7.91. The third kappa shape index (κ3) is 4.76. The summed E-state index contributed by atoms with van der Waals surface area (Å²) in [4.78, 5) is 17.9. The van der Waals surface area contributed by atoms with Gasteiger partial charge in [-0.15, -0.1) is 11.3 Å². The molecule has 2 rings (SSSR count). The van der Waals surface area contributed by atoms with E-state index in [9.17, 15) is 13.2 Å². The van der Waals surface area contributed by atoms with Gasteiger partial charge in [0.1, 0.15) is 5.75 Å². The van der Waals surface area contributed by atoms with Crippen molar-refractivity contribution >= 4 is 27.1 Å². The van der Waals surface area contributed by atoms with Crippen molar-refractivity contribution in [2.45, 2.75) is 32.1 Å². The first-order valence-corrected chi connectivity index (χ1v) is 9.63. The second kappa shape index (κ2) is 6.85. The van der Waals surface area contributed by atoms with Crippen LogP contribution in [-0.4, -0.2) is 55.8 Å². The lowest BCUT2D eigenvalue weighted by atomic mass is 10.3. The first-order chi connectivity index (χ1) is 9.89. The van der Waals surface area contributed by atoms with Crippen LogP contribution in [0.15, 0.2) is 5.38 Å². The van der Waals surface area contributed by atoms with E-state index in [1.165, 1.54) is 11.3 Å². The molecule has 1 atom stereocenters. The minimum Gasteiger partial charge on any atom is -0.375 e. The van der Waals surface area contributed by atoms with Crippen molar-refractivity contribution in [1.29, 1.82) is 0 Å². The lowest BCUT2D eigenvalue weighted by molar-refractivity contribution is -0.135. The smallest absolute Gasteiger partial charge is 0.237 e. The second-order valence-electron chi connectivity index (χ2n) is 5.14. The molecule has 21 heavy (non-hydrogen) atoms. The van der Waals surface area contributed by atoms with Gasteiger partial charge < -0.3 is 9.64 Å². The van der Waals surface area contributed by atoms with Crippen LogP contribution in [-0.2, 0) is 31.5 Å². The number of aryl methyl sites for hydroxylation is 1. The maximum Gasteiger partial charge on any atom is 0.237 e. The number of carbonyl (C=O) groups excluding carboxylic acids is 1. The van der Waals surface area contributed by atoms with E-state index in [0.717, 1.165) is 11.4 Å². The minimum atomic E-state index is -3.48. The standard InChI is InChI=1S/C13H20N2O4S2/c1-3-12-14-11(7-20-12)8-21(17,18)9-13(16)15-4-5-19-10(2)6-15/h7,10H,3-6,8-9H2,1-2H3. The summed E-state index contributed by atoms with van der Waals surface area (Å²) in [6.07, 6.45) is 0.742. The van der Waals surface area contributed by atoms with E-state index in [1.807, 2.05) is 13.8 Å². The zero-order valence-electron chi connectivity index (χ0n) is 12.2. The first kappa shape index (κ1) is 16.4. The molecule has 0 bridgehead atoms. The van der Waals surface area contributed by atoms with Crippen LogP contribution in [0.3, 0.4) is 0 Å². The molecule has 1 aliphatic heterocycles. The molecule has 6 nitrogen and oxygen atoms in total. The molecule has 0 aliphatic carbocycles. The van der Waals surface area contributed by atoms with Gasteiger partial charge in [0.05, 0.1) is 29.2 Å². The van der Waals surface area contributed by atoms with E-state index < -0.39 is 15.6 Å². The molecule has 1 unspecified atom stereocenters. The molecule has 1 aromatic rings. The van der Waals surface area contributed by atoms with Crippen molar-refractivity contribution in [2.24, 2.45) is 0 Å². The fourth-order valence-electron chi connectivity index (χ4n) is 2.18. The molecule has 1 aliphatic rings. The SMILES string of the molecule is CCc1nc(CS(=O)(=O)CC(=O)N2CCOC(C)C2)cs1. The molecule has 1 saturated heterocycles. The summed E-state index contributed by atoms with van der Waals surface area (Å²) in [6.45, 7) is 5.20. The number of hydrogen-bond acceptors (Lipinski definition) is 6. The Hall–Kier alpha value is -0.990. The lowest BCUT2D eigenvalue weighted by Gasteiger charge is -2.31. The molecule has 1 fully saturated rings. The van der Waals surface area contributed by atoms with Crippen LogP contribution in [0.25, 0.3) is 0 Å². The Bertz CT molecular complexity index is 597. The van der Waals surface area contributed by atoms with Crippen LogP contribution >= 0.6 is 11.3 Å². The number of hydrogen-bond donors (Lipinski definition) is 0. The number of rotatable bonds is 5. The summed E-state index contributed by atoms with van der Waals surface area (Å²) in [5.74, 6) is -0.982. The van der Waals surface area contributed by atoms with E-state index in [1.54, 1.807) is 10.3 Å². The number of nitrogens with zero attached hydrogens (tertiary/aromatic N) is 2. The van der Waals surface area contributed by atoms with Gasteiger partial charge in [0, 0.05) is 18.5 Å². The number of thiazole rings is 1. The van der Waals surface area contributed by atoms with Gasteiger partial charge in [0.2, 0.25) is 5.91 Å². The number of sulfone groups is 1. The Morgan fingerprint density at radius 2 is 2.33 bits per heavy atom. The fraction of sp³-hybridized carbons (Fsp3) is 0.692. The molecule has 0 spiro atoms. The van der Waals surface area contributed by atoms with Crippen LogP contribution in [0.5, 0.6) is 0 Å². The first-order valence-electron chi connectivity index (χ1n) is 6.92. The Morgan fingerprint density at radius 1 is 1.57 bits per heavy atom. The van der Waals surface area contributed by atoms with Crippen molar-refractivity contribution < 1.29 is 17.9 Å². The van der Waals surface area contributed by atoms with Crippen LogP contribution in [0.1, 0.15) is 24.5 Å². The van der Waals surface area contributed by atoms with Crippen LogP contribution in [0.4, 0.5) is 0 Å². The van der Waals surface area contributed by atoms with E-state index in [2.05, 4.69) is 4.98 Å². The third-order valence-electron chi connectivity index (χ3n) is 3.21. The molecule has 1 aromatic heterocycles. The van der Waals surface area contributed by atoms with Gasteiger partial charge in [0.25, 0.3) is 0 Å². The molecule has 1 amide bonds. The van der Waals surface area contributed by atoms with Crippen molar-refractivity contribution in [3.05, 3.63) is 16.1 Å². The third-order valence-corrected chi connectivity index (χ3v) is 5.67. The quantitative estimate of drug-likeness (QED) is 0.799. The van der Waals surface area contributed by atoms with Crippen LogP contribution < -0.4 is 0 Å². The van der Waals surface area contributed by atoms with Gasteiger partial charge in [-0.25, -0.2) is 13.4 Å². The highest BCUT2D eigenvalue weighted by Crippen LogP contribution is 2.14. The Kier molecular flexibility index (Phi) is 5.34. The number of carbonyl (C=O) groups is 1. The maximum absolute atomic E-state index is 12.1. The molecule has 8 heteroatoms. The summed E-state index contributed by atoms with van der Waals surface area (Å²) in [5.41, 5.74) is 0.528. The maximum atomic E-state index is 12.1. The Balaban J connectivity index is 1.95. The Morgan fingerprint density at radius 3 is 2.95 bits per heavy atom. The van der Waals surface area contributed by atoms with Gasteiger partial charge in [-0.05, 0) is 13.3 Å². The summed E-state index contributed by atoms with van der Waals surface area (Å²) in [5, 5.41) is 2.66. The van der Waals surface area contributed by atoms with Crippen molar-refractivity contribution in [3.8, 4) is 0 Å². The normalized spacial score (nSPS) is 19.7. The average Bonchev–Trinajstić information content (AvgIpc) is 2.85. The van der Waals surface area contributed by atoms with Gasteiger partial charge in [-0.2, -0.15) is 0 Å². The Labute approximate surface area is 129 Å². The van der Waals surface area contributed by atoms with Crippen molar-refractivity contribution in [3.63, 3.8) is 0 Å². The van der Waals surface area contributed by atoms with Gasteiger partial charge in [0.15, 0.2) is 9.84 Å². The van der Waals surface area contributed by atoms with E-state index in [-0.39, 0.29) is 17.8 Å². The molecule has 2 heterocycles. The summed E-state index contributed by atoms with van der Waals surface area (Å²) >= 11 is 1.45. The number of aromatic nitrogens is 1. The molecular weight excluding hydrogens is 312 g/mol. The summed E-state index contributed by atoms with van der Waals surface area (Å²) < 4.78 is 29.6. The number of ether oxygens (including phenoxy) is 1. The minimum absolute atomic E-state index is 0.0453.